The molecule has 0 amide bonds. The van der Waals surface area contributed by atoms with Gasteiger partial charge in [0.25, 0.3) is 9.84 Å². The molecule has 0 aliphatic rings. The highest BCUT2D eigenvalue weighted by molar-refractivity contribution is 7.91. The molecule has 5 nitrogen and oxygen atoms in total. The van der Waals surface area contributed by atoms with Crippen LogP contribution in [0.5, 0.6) is 0 Å². The maximum atomic E-state index is 12.5. The number of nitrogens with zero attached hydrogens (tertiary/aromatic N) is 2. The molecule has 0 fully saturated rings. The number of aromatic nitrogens is 2. The molecule has 0 unspecified atom stereocenters. The fraction of sp³-hybridized carbons (Fsp3) is 0.250. The van der Waals surface area contributed by atoms with E-state index >= 15 is 0 Å². The Balaban J connectivity index is 1.92. The van der Waals surface area contributed by atoms with E-state index in [0.717, 1.165) is 5.56 Å². The van der Waals surface area contributed by atoms with Crippen molar-refractivity contribution < 1.29 is 26.1 Å². The quantitative estimate of drug-likeness (QED) is 0.564. The van der Waals surface area contributed by atoms with Crippen molar-refractivity contribution in [2.75, 3.05) is 0 Å². The molecule has 0 saturated carbocycles. The second-order valence-electron chi connectivity index (χ2n) is 5.76. The van der Waals surface area contributed by atoms with Crippen LogP contribution in [0.3, 0.4) is 0 Å². The summed E-state index contributed by atoms with van der Waals surface area (Å²) in [4.78, 5) is 4.48. The normalized spacial score (nSPS) is 12.5. The number of halogens is 4. The summed E-state index contributed by atoms with van der Waals surface area (Å²) in [6, 6.07) is 3.95. The number of rotatable bonds is 4. The Hall–Kier alpha value is -1.91. The highest BCUT2D eigenvalue weighted by Crippen LogP contribution is 2.36. The minimum Gasteiger partial charge on any atom is -0.361 e. The summed E-state index contributed by atoms with van der Waals surface area (Å²) < 4.78 is 65.3. The standard InChI is InChI=1S/C16H12ClF3N2O3S2/c1-8-14(9(2)25-22-8)15-21-13(6-26-15)11-4-3-10(5-12(11)17)7-27(23,24)16(18,19)20/h3-6H,7H2,1-2H3. The number of alkyl halides is 3. The zero-order valence-corrected chi connectivity index (χ0v) is 16.4. The Morgan fingerprint density at radius 3 is 2.52 bits per heavy atom. The van der Waals surface area contributed by atoms with Gasteiger partial charge in [-0.15, -0.1) is 11.3 Å². The molecule has 3 aromatic rings. The van der Waals surface area contributed by atoms with Crippen LogP contribution in [0.25, 0.3) is 21.8 Å². The summed E-state index contributed by atoms with van der Waals surface area (Å²) in [5.74, 6) is -0.551. The first-order chi connectivity index (χ1) is 12.5. The van der Waals surface area contributed by atoms with E-state index in [0.29, 0.717) is 27.7 Å². The molecule has 11 heteroatoms. The Morgan fingerprint density at radius 2 is 1.96 bits per heavy atom. The summed E-state index contributed by atoms with van der Waals surface area (Å²) >= 11 is 7.50. The molecule has 0 aliphatic heterocycles. The molecule has 2 heterocycles. The molecule has 0 radical (unpaired) electrons. The first kappa shape index (κ1) is 19.8. The minimum atomic E-state index is -5.31. The summed E-state index contributed by atoms with van der Waals surface area (Å²) in [6.07, 6.45) is 0. The minimum absolute atomic E-state index is 0.0535. The number of hydrogen-bond donors (Lipinski definition) is 0. The van der Waals surface area contributed by atoms with Gasteiger partial charge in [-0.3, -0.25) is 0 Å². The van der Waals surface area contributed by atoms with Crippen LogP contribution >= 0.6 is 22.9 Å². The van der Waals surface area contributed by atoms with Crippen LogP contribution in [0.1, 0.15) is 17.0 Å². The van der Waals surface area contributed by atoms with Gasteiger partial charge >= 0.3 is 5.51 Å². The topological polar surface area (TPSA) is 73.1 Å². The molecule has 27 heavy (non-hydrogen) atoms. The largest absolute Gasteiger partial charge is 0.497 e. The average Bonchev–Trinajstić information content (AvgIpc) is 3.13. The van der Waals surface area contributed by atoms with E-state index in [2.05, 4.69) is 10.1 Å². The van der Waals surface area contributed by atoms with Crippen LogP contribution in [-0.4, -0.2) is 24.1 Å². The number of hydrogen-bond acceptors (Lipinski definition) is 6. The average molecular weight is 437 g/mol. The monoisotopic (exact) mass is 436 g/mol. The molecule has 0 N–H and O–H groups in total. The molecule has 0 bridgehead atoms. The van der Waals surface area contributed by atoms with Crippen LogP contribution in [0.4, 0.5) is 13.2 Å². The van der Waals surface area contributed by atoms with Gasteiger partial charge in [-0.25, -0.2) is 13.4 Å². The molecule has 0 spiro atoms. The second kappa shape index (κ2) is 6.92. The van der Waals surface area contributed by atoms with Crippen LogP contribution in [-0.2, 0) is 15.6 Å². The van der Waals surface area contributed by atoms with Crippen molar-refractivity contribution in [2.45, 2.75) is 25.1 Å². The fourth-order valence-electron chi connectivity index (χ4n) is 2.46. The fourth-order valence-corrected chi connectivity index (χ4v) is 4.50. The first-order valence-electron chi connectivity index (χ1n) is 7.46. The van der Waals surface area contributed by atoms with Crippen molar-refractivity contribution in [3.8, 4) is 21.8 Å². The SMILES string of the molecule is Cc1noc(C)c1-c1nc(-c2ccc(CS(=O)(=O)C(F)(F)F)cc2Cl)cs1. The molecule has 2 aromatic heterocycles. The predicted octanol–water partition coefficient (Wildman–Crippen LogP) is 5.17. The molecule has 3 rings (SSSR count). The summed E-state index contributed by atoms with van der Waals surface area (Å²) in [7, 11) is -5.27. The number of thiazole rings is 1. The lowest BCUT2D eigenvalue weighted by Crippen LogP contribution is -2.24. The highest BCUT2D eigenvalue weighted by atomic mass is 35.5. The van der Waals surface area contributed by atoms with E-state index in [4.69, 9.17) is 16.1 Å². The molecular formula is C16H12ClF3N2O3S2. The van der Waals surface area contributed by atoms with E-state index in [1.165, 1.54) is 29.5 Å². The maximum absolute atomic E-state index is 12.5. The van der Waals surface area contributed by atoms with Crippen LogP contribution in [0.2, 0.25) is 5.02 Å². The molecule has 1 aromatic carbocycles. The van der Waals surface area contributed by atoms with E-state index in [1.54, 1.807) is 19.2 Å². The maximum Gasteiger partial charge on any atom is 0.497 e. The van der Waals surface area contributed by atoms with Crippen LogP contribution < -0.4 is 0 Å². The van der Waals surface area contributed by atoms with Gasteiger partial charge in [0.2, 0.25) is 0 Å². The zero-order valence-electron chi connectivity index (χ0n) is 14.0. The Kier molecular flexibility index (Phi) is 5.08. The van der Waals surface area contributed by atoms with Crippen molar-refractivity contribution in [3.63, 3.8) is 0 Å². The number of benzene rings is 1. The van der Waals surface area contributed by atoms with E-state index in [-0.39, 0.29) is 10.6 Å². The third-order valence-electron chi connectivity index (χ3n) is 3.77. The molecule has 0 atom stereocenters. The van der Waals surface area contributed by atoms with Gasteiger partial charge in [-0.2, -0.15) is 13.2 Å². The predicted molar refractivity (Wildman–Crippen MR) is 96.2 cm³/mol. The van der Waals surface area contributed by atoms with Gasteiger partial charge in [0.1, 0.15) is 10.8 Å². The lowest BCUT2D eigenvalue weighted by Gasteiger charge is -2.09. The zero-order chi connectivity index (χ0) is 20.0. The van der Waals surface area contributed by atoms with E-state index in [9.17, 15) is 21.6 Å². The molecular weight excluding hydrogens is 425 g/mol. The van der Waals surface area contributed by atoms with Gasteiger partial charge in [-0.05, 0) is 25.5 Å². The van der Waals surface area contributed by atoms with Gasteiger partial charge in [0.05, 0.1) is 27.7 Å². The van der Waals surface area contributed by atoms with Crippen molar-refractivity contribution in [3.05, 3.63) is 45.6 Å². The smallest absolute Gasteiger partial charge is 0.361 e. The first-order valence-corrected chi connectivity index (χ1v) is 10.4. The van der Waals surface area contributed by atoms with Crippen molar-refractivity contribution in [2.24, 2.45) is 0 Å². The van der Waals surface area contributed by atoms with Crippen molar-refractivity contribution >= 4 is 32.8 Å². The number of sulfone groups is 1. The van der Waals surface area contributed by atoms with Gasteiger partial charge in [0.15, 0.2) is 0 Å². The Bertz CT molecular complexity index is 1090. The van der Waals surface area contributed by atoms with Crippen LogP contribution in [0.15, 0.2) is 28.1 Å². The van der Waals surface area contributed by atoms with Gasteiger partial charge in [-0.1, -0.05) is 28.9 Å². The Labute approximate surface area is 161 Å². The molecule has 0 saturated heterocycles. The van der Waals surface area contributed by atoms with Gasteiger partial charge in [0, 0.05) is 10.9 Å². The van der Waals surface area contributed by atoms with E-state index < -0.39 is 21.1 Å². The van der Waals surface area contributed by atoms with Gasteiger partial charge < -0.3 is 4.52 Å². The third-order valence-corrected chi connectivity index (χ3v) is 6.36. The summed E-state index contributed by atoms with van der Waals surface area (Å²) in [5, 5.41) is 6.40. The summed E-state index contributed by atoms with van der Waals surface area (Å²) in [6.45, 7) is 3.55. The second-order valence-corrected chi connectivity index (χ2v) is 9.00. The Morgan fingerprint density at radius 1 is 1.26 bits per heavy atom. The molecule has 144 valence electrons. The van der Waals surface area contributed by atoms with Crippen molar-refractivity contribution in [1.29, 1.82) is 0 Å². The third kappa shape index (κ3) is 3.87. The van der Waals surface area contributed by atoms with E-state index in [1.807, 2.05) is 0 Å². The van der Waals surface area contributed by atoms with Crippen molar-refractivity contribution in [1.82, 2.24) is 10.1 Å². The summed E-state index contributed by atoms with van der Waals surface area (Å²) in [5.41, 5.74) is -2.90. The van der Waals surface area contributed by atoms with Crippen LogP contribution in [0, 0.1) is 13.8 Å². The highest BCUT2D eigenvalue weighted by Gasteiger charge is 2.45. The lowest BCUT2D eigenvalue weighted by molar-refractivity contribution is -0.0437. The molecule has 0 aliphatic carbocycles. The number of aryl methyl sites for hydroxylation is 2. The lowest BCUT2D eigenvalue weighted by atomic mass is 10.1.